The summed E-state index contributed by atoms with van der Waals surface area (Å²) in [5, 5.41) is 18.7. The molecule has 0 saturated carbocycles. The zero-order chi connectivity index (χ0) is 33.7. The number of halogens is 3. The van der Waals surface area contributed by atoms with Crippen LogP contribution in [0, 0.1) is 18.3 Å². The van der Waals surface area contributed by atoms with E-state index in [0.29, 0.717) is 27.4 Å². The molecule has 2 aromatic heterocycles. The number of carbonyl (C=O) groups is 1. The molecule has 3 aromatic carbocycles. The summed E-state index contributed by atoms with van der Waals surface area (Å²) in [7, 11) is 1.62. The van der Waals surface area contributed by atoms with Crippen molar-refractivity contribution in [2.45, 2.75) is 33.1 Å². The molecule has 14 heteroatoms. The number of hydrogen-bond donors (Lipinski definition) is 1. The second-order valence-corrected chi connectivity index (χ2v) is 11.3. The highest BCUT2D eigenvalue weighted by molar-refractivity contribution is 7.07. The maximum atomic E-state index is 12.9. The molecular weight excluding hydrogens is 631 g/mol. The number of ether oxygens (including phenoxy) is 2. The van der Waals surface area contributed by atoms with Gasteiger partial charge in [-0.15, -0.1) is 29.6 Å². The molecule has 2 heterocycles. The van der Waals surface area contributed by atoms with Crippen molar-refractivity contribution >= 4 is 22.9 Å². The number of carbonyl (C=O) groups excluding carboxylic acids is 1. The van der Waals surface area contributed by atoms with Gasteiger partial charge in [0.25, 0.3) is 0 Å². The number of nitriles is 1. The lowest BCUT2D eigenvalue weighted by atomic mass is 10.0. The lowest BCUT2D eigenvalue weighted by Gasteiger charge is -2.16. The van der Waals surface area contributed by atoms with Gasteiger partial charge in [0.1, 0.15) is 23.9 Å². The molecule has 0 aliphatic rings. The quantitative estimate of drug-likeness (QED) is 0.175. The number of aryl methyl sites for hydroxylation is 1. The lowest BCUT2D eigenvalue weighted by Crippen LogP contribution is -2.22. The number of aromatic nitrogens is 4. The summed E-state index contributed by atoms with van der Waals surface area (Å²) in [4.78, 5) is 21.9. The third kappa shape index (κ3) is 7.77. The monoisotopic (exact) mass is 659 g/mol. The average molecular weight is 660 g/mol. The van der Waals surface area contributed by atoms with Crippen molar-refractivity contribution < 1.29 is 27.4 Å². The molecule has 0 aliphatic heterocycles. The van der Waals surface area contributed by atoms with Gasteiger partial charge in [-0.25, -0.2) is 14.5 Å². The van der Waals surface area contributed by atoms with Gasteiger partial charge >= 0.3 is 12.4 Å². The van der Waals surface area contributed by atoms with Crippen molar-refractivity contribution in [3.63, 3.8) is 0 Å². The number of hydrogen-bond acceptors (Lipinski definition) is 7. The van der Waals surface area contributed by atoms with Crippen LogP contribution in [0.5, 0.6) is 11.5 Å². The molecule has 47 heavy (non-hydrogen) atoms. The van der Waals surface area contributed by atoms with Crippen LogP contribution in [0.4, 0.5) is 18.0 Å². The summed E-state index contributed by atoms with van der Waals surface area (Å²) in [6.07, 6.45) is -2.05. The van der Waals surface area contributed by atoms with E-state index in [1.807, 2.05) is 35.1 Å². The van der Waals surface area contributed by atoms with Crippen molar-refractivity contribution in [1.29, 1.82) is 5.26 Å². The molecular formula is C33H28F3N7O3S. The fourth-order valence-corrected chi connectivity index (χ4v) is 5.51. The number of nitrogens with zero attached hydrogens (tertiary/aromatic N) is 6. The first-order valence-corrected chi connectivity index (χ1v) is 15.0. The van der Waals surface area contributed by atoms with Crippen molar-refractivity contribution in [2.24, 2.45) is 4.99 Å². The lowest BCUT2D eigenvalue weighted by molar-refractivity contribution is -0.274. The van der Waals surface area contributed by atoms with Crippen LogP contribution in [-0.4, -0.2) is 38.8 Å². The molecule has 0 unspecified atom stereocenters. The minimum Gasteiger partial charge on any atom is -0.497 e. The van der Waals surface area contributed by atoms with Crippen molar-refractivity contribution in [3.05, 3.63) is 106 Å². The smallest absolute Gasteiger partial charge is 0.497 e. The van der Waals surface area contributed by atoms with Crippen LogP contribution in [0.1, 0.15) is 36.6 Å². The molecule has 5 aromatic rings. The van der Waals surface area contributed by atoms with Crippen LogP contribution in [0.2, 0.25) is 0 Å². The van der Waals surface area contributed by atoms with Crippen LogP contribution >= 0.6 is 11.3 Å². The minimum absolute atomic E-state index is 0.190. The van der Waals surface area contributed by atoms with E-state index < -0.39 is 12.4 Å². The van der Waals surface area contributed by atoms with E-state index in [9.17, 15) is 23.2 Å². The van der Waals surface area contributed by atoms with E-state index in [0.717, 1.165) is 22.7 Å². The standard InChI is InChI=1S/C33H28F3N7O3S/c1-20(2)28-15-27(45-4)13-14-29(28)43-21(3)18-47-32(43)40-31(44)38-17-24(16-37)22-5-7-23(8-6-22)30-39-19-42(41-30)25-9-11-26(12-10-25)46-33(34,35)36/h5-15,17-20H,1-4H3,(H,38,44)/b24-17+,40-32?. The molecule has 0 atom stereocenters. The molecule has 0 radical (unpaired) electrons. The highest BCUT2D eigenvalue weighted by Gasteiger charge is 2.31. The Morgan fingerprint density at radius 3 is 2.43 bits per heavy atom. The predicted molar refractivity (Wildman–Crippen MR) is 170 cm³/mol. The number of thiazole rings is 1. The van der Waals surface area contributed by atoms with Gasteiger partial charge in [0.05, 0.1) is 24.1 Å². The van der Waals surface area contributed by atoms with Gasteiger partial charge < -0.3 is 14.8 Å². The summed E-state index contributed by atoms with van der Waals surface area (Å²) in [5.74, 6) is 0.943. The highest BCUT2D eigenvalue weighted by atomic mass is 32.1. The van der Waals surface area contributed by atoms with Crippen molar-refractivity contribution in [3.8, 4) is 40.3 Å². The van der Waals surface area contributed by atoms with E-state index >= 15 is 0 Å². The maximum Gasteiger partial charge on any atom is 0.573 e. The largest absolute Gasteiger partial charge is 0.573 e. The van der Waals surface area contributed by atoms with Crippen LogP contribution in [0.15, 0.2) is 89.6 Å². The summed E-state index contributed by atoms with van der Waals surface area (Å²) in [6, 6.07) is 19.2. The van der Waals surface area contributed by atoms with E-state index in [4.69, 9.17) is 4.74 Å². The second kappa shape index (κ2) is 13.8. The number of urea groups is 1. The fourth-order valence-electron chi connectivity index (χ4n) is 4.64. The predicted octanol–water partition coefficient (Wildman–Crippen LogP) is 7.30. The molecule has 0 spiro atoms. The second-order valence-electron chi connectivity index (χ2n) is 10.4. The Balaban J connectivity index is 1.31. The Labute approximate surface area is 271 Å². The van der Waals surface area contributed by atoms with E-state index in [2.05, 4.69) is 45.0 Å². The molecule has 240 valence electrons. The number of amides is 2. The van der Waals surface area contributed by atoms with Crippen LogP contribution in [-0.2, 0) is 0 Å². The third-order valence-electron chi connectivity index (χ3n) is 6.91. The topological polar surface area (TPSA) is 119 Å². The molecule has 0 fully saturated rings. The number of rotatable bonds is 8. The summed E-state index contributed by atoms with van der Waals surface area (Å²) < 4.78 is 49.9. The van der Waals surface area contributed by atoms with Crippen LogP contribution in [0.3, 0.4) is 0 Å². The average Bonchev–Trinajstić information content (AvgIpc) is 3.68. The number of benzene rings is 3. The van der Waals surface area contributed by atoms with Gasteiger partial charge in [-0.05, 0) is 66.4 Å². The molecule has 5 rings (SSSR count). The Morgan fingerprint density at radius 2 is 1.79 bits per heavy atom. The van der Waals surface area contributed by atoms with Gasteiger partial charge in [-0.2, -0.15) is 10.3 Å². The van der Waals surface area contributed by atoms with E-state index in [-0.39, 0.29) is 17.2 Å². The summed E-state index contributed by atoms with van der Waals surface area (Å²) in [5.41, 5.74) is 4.71. The Kier molecular flexibility index (Phi) is 9.57. The van der Waals surface area contributed by atoms with Gasteiger partial charge in [0, 0.05) is 22.8 Å². The zero-order valence-corrected chi connectivity index (χ0v) is 26.4. The van der Waals surface area contributed by atoms with Gasteiger partial charge in [-0.3, -0.25) is 4.57 Å². The highest BCUT2D eigenvalue weighted by Crippen LogP contribution is 2.28. The molecule has 10 nitrogen and oxygen atoms in total. The molecule has 2 amide bonds. The zero-order valence-electron chi connectivity index (χ0n) is 25.6. The first-order chi connectivity index (χ1) is 22.5. The Bertz CT molecular complexity index is 2040. The molecule has 0 bridgehead atoms. The fraction of sp³-hybridized carbons (Fsp3) is 0.182. The molecule has 0 aliphatic carbocycles. The normalized spacial score (nSPS) is 12.2. The van der Waals surface area contributed by atoms with Gasteiger partial charge in [0.2, 0.25) is 0 Å². The van der Waals surface area contributed by atoms with Crippen molar-refractivity contribution in [2.75, 3.05) is 7.11 Å². The van der Waals surface area contributed by atoms with Gasteiger partial charge in [-0.1, -0.05) is 38.1 Å². The van der Waals surface area contributed by atoms with Crippen LogP contribution < -0.4 is 19.6 Å². The minimum atomic E-state index is -4.78. The summed E-state index contributed by atoms with van der Waals surface area (Å²) >= 11 is 1.33. The first-order valence-electron chi connectivity index (χ1n) is 14.2. The number of alkyl halides is 3. The van der Waals surface area contributed by atoms with E-state index in [1.54, 1.807) is 31.4 Å². The number of allylic oxidation sites excluding steroid dienone is 1. The summed E-state index contributed by atoms with van der Waals surface area (Å²) in [6.45, 7) is 6.10. The molecule has 1 N–H and O–H groups in total. The Morgan fingerprint density at radius 1 is 1.09 bits per heavy atom. The van der Waals surface area contributed by atoms with E-state index in [1.165, 1.54) is 52.8 Å². The molecule has 0 saturated heterocycles. The van der Waals surface area contributed by atoms with Crippen LogP contribution in [0.25, 0.3) is 28.3 Å². The maximum absolute atomic E-state index is 12.9. The third-order valence-corrected chi connectivity index (χ3v) is 7.86. The first kappa shape index (κ1) is 32.7. The van der Waals surface area contributed by atoms with Gasteiger partial charge in [0.15, 0.2) is 10.6 Å². The Hall–Kier alpha value is -5.68. The van der Waals surface area contributed by atoms with Crippen molar-refractivity contribution in [1.82, 2.24) is 24.6 Å². The number of methoxy groups -OCH3 is 1. The number of nitrogens with one attached hydrogen (secondary N) is 1. The SMILES string of the molecule is COc1ccc(-n2c(C)csc2=NC(=O)N/C=C(\C#N)c2ccc(-c3ncn(-c4ccc(OC(F)(F)F)cc4)n3)cc2)c(C(C)C)c1.